The number of aryl methyl sites for hydroxylation is 3. The highest BCUT2D eigenvalue weighted by atomic mass is 16.5. The standard InChI is InChI=1S/C23H22N4O4/c1-13-8-9-18(14(2)10-13)24-19(28)12-27-23(29)22-20(15(3)31-26-22)21(25-27)16-6-5-7-17(11-16)30-4/h5-11H,12H2,1-4H3,(H,24,28). The van der Waals surface area contributed by atoms with Crippen LogP contribution in [0.2, 0.25) is 0 Å². The molecule has 0 atom stereocenters. The number of anilines is 1. The minimum atomic E-state index is -0.491. The van der Waals surface area contributed by atoms with Crippen molar-refractivity contribution in [1.82, 2.24) is 14.9 Å². The zero-order chi connectivity index (χ0) is 22.1. The van der Waals surface area contributed by atoms with Gasteiger partial charge in [0.2, 0.25) is 5.91 Å². The fourth-order valence-electron chi connectivity index (χ4n) is 3.49. The fraction of sp³-hybridized carbons (Fsp3) is 0.217. The van der Waals surface area contributed by atoms with Crippen LogP contribution >= 0.6 is 0 Å². The highest BCUT2D eigenvalue weighted by molar-refractivity contribution is 5.94. The van der Waals surface area contributed by atoms with E-state index in [1.54, 1.807) is 20.1 Å². The summed E-state index contributed by atoms with van der Waals surface area (Å²) >= 11 is 0. The van der Waals surface area contributed by atoms with Crippen LogP contribution in [0, 0.1) is 20.8 Å². The summed E-state index contributed by atoms with van der Waals surface area (Å²) < 4.78 is 11.7. The number of amides is 1. The number of benzene rings is 2. The second-order valence-corrected chi connectivity index (χ2v) is 7.37. The van der Waals surface area contributed by atoms with Crippen molar-refractivity contribution in [3.05, 3.63) is 69.7 Å². The van der Waals surface area contributed by atoms with E-state index in [4.69, 9.17) is 9.26 Å². The maximum atomic E-state index is 12.9. The molecule has 0 aliphatic heterocycles. The number of hydrogen-bond donors (Lipinski definition) is 1. The van der Waals surface area contributed by atoms with Gasteiger partial charge in [0.05, 0.1) is 12.5 Å². The molecule has 0 fully saturated rings. The van der Waals surface area contributed by atoms with E-state index in [9.17, 15) is 9.59 Å². The molecule has 0 bridgehead atoms. The molecule has 2 heterocycles. The zero-order valence-corrected chi connectivity index (χ0v) is 17.7. The Morgan fingerprint density at radius 2 is 1.97 bits per heavy atom. The Labute approximate surface area is 178 Å². The van der Waals surface area contributed by atoms with Crippen LogP contribution in [-0.2, 0) is 11.3 Å². The molecule has 4 aromatic rings. The number of carbonyl (C=O) groups excluding carboxylic acids is 1. The van der Waals surface area contributed by atoms with Gasteiger partial charge in [-0.3, -0.25) is 9.59 Å². The maximum absolute atomic E-state index is 12.9. The van der Waals surface area contributed by atoms with Gasteiger partial charge in [0.1, 0.15) is 23.7 Å². The quantitative estimate of drug-likeness (QED) is 0.531. The van der Waals surface area contributed by atoms with Crippen LogP contribution < -0.4 is 15.6 Å². The van der Waals surface area contributed by atoms with Gasteiger partial charge in [-0.25, -0.2) is 4.68 Å². The lowest BCUT2D eigenvalue weighted by atomic mass is 10.1. The molecule has 2 aromatic carbocycles. The van der Waals surface area contributed by atoms with E-state index in [1.165, 1.54) is 0 Å². The van der Waals surface area contributed by atoms with Crippen molar-refractivity contribution in [3.8, 4) is 17.0 Å². The molecule has 0 radical (unpaired) electrons. The van der Waals surface area contributed by atoms with Crippen molar-refractivity contribution < 1.29 is 14.1 Å². The van der Waals surface area contributed by atoms with E-state index in [2.05, 4.69) is 15.6 Å². The van der Waals surface area contributed by atoms with E-state index < -0.39 is 5.56 Å². The van der Waals surface area contributed by atoms with Gasteiger partial charge in [0.15, 0.2) is 5.52 Å². The number of aromatic nitrogens is 3. The molecule has 4 rings (SSSR count). The highest BCUT2D eigenvalue weighted by Gasteiger charge is 2.20. The van der Waals surface area contributed by atoms with Crippen LogP contribution in [-0.4, -0.2) is 28.0 Å². The minimum Gasteiger partial charge on any atom is -0.497 e. The van der Waals surface area contributed by atoms with E-state index in [1.807, 2.05) is 50.2 Å². The fourth-order valence-corrected chi connectivity index (χ4v) is 3.49. The number of nitrogens with one attached hydrogen (secondary N) is 1. The summed E-state index contributed by atoms with van der Waals surface area (Å²) in [5.74, 6) is 0.758. The smallest absolute Gasteiger partial charge is 0.297 e. The van der Waals surface area contributed by atoms with Crippen LogP contribution in [0.1, 0.15) is 16.9 Å². The number of fused-ring (bicyclic) bond motifs is 1. The summed E-state index contributed by atoms with van der Waals surface area (Å²) in [6, 6.07) is 13.0. The van der Waals surface area contributed by atoms with E-state index in [0.717, 1.165) is 21.4 Å². The van der Waals surface area contributed by atoms with Crippen LogP contribution in [0.5, 0.6) is 5.75 Å². The van der Waals surface area contributed by atoms with Gasteiger partial charge >= 0.3 is 0 Å². The molecule has 1 amide bonds. The number of rotatable bonds is 5. The normalized spacial score (nSPS) is 11.0. The number of nitrogens with zero attached hydrogens (tertiary/aromatic N) is 3. The predicted molar refractivity (Wildman–Crippen MR) is 117 cm³/mol. The maximum Gasteiger partial charge on any atom is 0.297 e. The Hall–Kier alpha value is -3.94. The Balaban J connectivity index is 1.75. The molecule has 0 unspecified atom stereocenters. The van der Waals surface area contributed by atoms with Crippen molar-refractivity contribution in [1.29, 1.82) is 0 Å². The number of hydrogen-bond acceptors (Lipinski definition) is 6. The number of methoxy groups -OCH3 is 1. The molecule has 0 aliphatic rings. The summed E-state index contributed by atoms with van der Waals surface area (Å²) in [7, 11) is 1.57. The molecule has 2 aromatic heterocycles. The number of carbonyl (C=O) groups is 1. The van der Waals surface area contributed by atoms with Crippen LogP contribution in [0.15, 0.2) is 51.8 Å². The van der Waals surface area contributed by atoms with Gasteiger partial charge in [0, 0.05) is 11.3 Å². The highest BCUT2D eigenvalue weighted by Crippen LogP contribution is 2.29. The molecule has 0 saturated heterocycles. The molecular weight excluding hydrogens is 396 g/mol. The molecular formula is C23H22N4O4. The first-order valence-corrected chi connectivity index (χ1v) is 9.76. The van der Waals surface area contributed by atoms with Crippen LogP contribution in [0.4, 0.5) is 5.69 Å². The molecule has 0 spiro atoms. The van der Waals surface area contributed by atoms with Gasteiger partial charge in [-0.05, 0) is 44.5 Å². The first-order valence-electron chi connectivity index (χ1n) is 9.76. The van der Waals surface area contributed by atoms with Crippen molar-refractivity contribution in [2.75, 3.05) is 12.4 Å². The van der Waals surface area contributed by atoms with Crippen molar-refractivity contribution >= 4 is 22.5 Å². The summed E-state index contributed by atoms with van der Waals surface area (Å²) in [6.45, 7) is 5.36. The van der Waals surface area contributed by atoms with Gasteiger partial charge in [-0.2, -0.15) is 5.10 Å². The van der Waals surface area contributed by atoms with Gasteiger partial charge < -0.3 is 14.6 Å². The third kappa shape index (κ3) is 3.92. The second-order valence-electron chi connectivity index (χ2n) is 7.37. The van der Waals surface area contributed by atoms with E-state index >= 15 is 0 Å². The average Bonchev–Trinajstić information content (AvgIpc) is 3.14. The summed E-state index contributed by atoms with van der Waals surface area (Å²) in [4.78, 5) is 25.6. The van der Waals surface area contributed by atoms with E-state index in [0.29, 0.717) is 28.3 Å². The topological polar surface area (TPSA) is 99.2 Å². The number of ether oxygens (including phenoxy) is 1. The molecule has 0 aliphatic carbocycles. The van der Waals surface area contributed by atoms with Crippen molar-refractivity contribution in [2.24, 2.45) is 0 Å². The molecule has 31 heavy (non-hydrogen) atoms. The van der Waals surface area contributed by atoms with Crippen LogP contribution in [0.3, 0.4) is 0 Å². The van der Waals surface area contributed by atoms with Gasteiger partial charge in [0.25, 0.3) is 5.56 Å². The predicted octanol–water partition coefficient (Wildman–Crippen LogP) is 3.62. The van der Waals surface area contributed by atoms with Crippen molar-refractivity contribution in [2.45, 2.75) is 27.3 Å². The summed E-state index contributed by atoms with van der Waals surface area (Å²) in [5.41, 5.74) is 3.58. The molecule has 158 valence electrons. The third-order valence-electron chi connectivity index (χ3n) is 5.05. The third-order valence-corrected chi connectivity index (χ3v) is 5.05. The molecule has 0 saturated carbocycles. The summed E-state index contributed by atoms with van der Waals surface area (Å²) in [5, 5.41) is 11.8. The van der Waals surface area contributed by atoms with Crippen molar-refractivity contribution in [3.63, 3.8) is 0 Å². The molecule has 1 N–H and O–H groups in total. The lowest BCUT2D eigenvalue weighted by Crippen LogP contribution is -2.30. The molecule has 8 nitrogen and oxygen atoms in total. The first kappa shape index (κ1) is 20.3. The van der Waals surface area contributed by atoms with E-state index in [-0.39, 0.29) is 18.0 Å². The second kappa shape index (κ2) is 8.06. The minimum absolute atomic E-state index is 0.129. The first-order chi connectivity index (χ1) is 14.9. The Kier molecular flexibility index (Phi) is 5.29. The van der Waals surface area contributed by atoms with Gasteiger partial charge in [-0.1, -0.05) is 35.0 Å². The zero-order valence-electron chi connectivity index (χ0n) is 17.7. The average molecular weight is 418 g/mol. The lowest BCUT2D eigenvalue weighted by molar-refractivity contribution is -0.117. The largest absolute Gasteiger partial charge is 0.497 e. The molecule has 8 heteroatoms. The van der Waals surface area contributed by atoms with Gasteiger partial charge in [-0.15, -0.1) is 0 Å². The Bertz CT molecular complexity index is 1350. The SMILES string of the molecule is COc1cccc(-c2nn(CC(=O)Nc3ccc(C)cc3C)c(=O)c3noc(C)c23)c1. The monoisotopic (exact) mass is 418 g/mol. The van der Waals surface area contributed by atoms with Crippen LogP contribution in [0.25, 0.3) is 22.2 Å². The Morgan fingerprint density at radius 1 is 1.16 bits per heavy atom. The Morgan fingerprint density at radius 3 is 2.71 bits per heavy atom. The lowest BCUT2D eigenvalue weighted by Gasteiger charge is -2.11. The summed E-state index contributed by atoms with van der Waals surface area (Å²) in [6.07, 6.45) is 0.